The number of rotatable bonds is 4. The first kappa shape index (κ1) is 15.2. The predicted octanol–water partition coefficient (Wildman–Crippen LogP) is 2.14. The first-order chi connectivity index (χ1) is 7.70. The van der Waals surface area contributed by atoms with E-state index in [4.69, 9.17) is 0 Å². The first-order valence-corrected chi connectivity index (χ1v) is 6.27. The lowest BCUT2D eigenvalue weighted by molar-refractivity contribution is -0.130. The van der Waals surface area contributed by atoms with E-state index in [9.17, 15) is 4.79 Å². The summed E-state index contributed by atoms with van der Waals surface area (Å²) in [5.41, 5.74) is 0. The van der Waals surface area contributed by atoms with Gasteiger partial charge in [0, 0.05) is 19.5 Å². The van der Waals surface area contributed by atoms with E-state index in [1.807, 2.05) is 32.8 Å². The molecule has 0 aromatic heterocycles. The molecular formula is C13H26N2O. The molecule has 0 fully saturated rings. The van der Waals surface area contributed by atoms with Gasteiger partial charge in [-0.1, -0.05) is 26.0 Å². The molecule has 0 saturated heterocycles. The van der Waals surface area contributed by atoms with Crippen LogP contribution in [0.3, 0.4) is 0 Å². The molecule has 0 saturated carbocycles. The van der Waals surface area contributed by atoms with Crippen LogP contribution in [0.25, 0.3) is 0 Å². The monoisotopic (exact) mass is 226 g/mol. The van der Waals surface area contributed by atoms with Gasteiger partial charge in [0.25, 0.3) is 0 Å². The highest BCUT2D eigenvalue weighted by Crippen LogP contribution is 2.04. The Kier molecular flexibility index (Phi) is 8.91. The predicted molar refractivity (Wildman–Crippen MR) is 69.5 cm³/mol. The second kappa shape index (κ2) is 9.40. The molecule has 0 spiro atoms. The van der Waals surface area contributed by atoms with Gasteiger partial charge < -0.3 is 9.80 Å². The van der Waals surface area contributed by atoms with Crippen molar-refractivity contribution in [1.29, 1.82) is 0 Å². The third-order valence-electron chi connectivity index (χ3n) is 2.41. The van der Waals surface area contributed by atoms with Crippen molar-refractivity contribution in [2.24, 2.45) is 0 Å². The topological polar surface area (TPSA) is 23.6 Å². The summed E-state index contributed by atoms with van der Waals surface area (Å²) in [5, 5.41) is 0. The Hall–Kier alpha value is -0.830. The maximum Gasteiger partial charge on any atom is 0.222 e. The molecule has 0 aliphatic carbocycles. The van der Waals surface area contributed by atoms with Crippen molar-refractivity contribution in [3.63, 3.8) is 0 Å². The van der Waals surface area contributed by atoms with Crippen molar-refractivity contribution in [3.8, 4) is 0 Å². The van der Waals surface area contributed by atoms with Gasteiger partial charge in [0.15, 0.2) is 0 Å². The normalized spacial score (nSPS) is 14.7. The second-order valence-corrected chi connectivity index (χ2v) is 4.01. The molecule has 0 atom stereocenters. The molecule has 1 amide bonds. The van der Waals surface area contributed by atoms with Crippen LogP contribution in [-0.2, 0) is 4.79 Å². The van der Waals surface area contributed by atoms with Gasteiger partial charge in [-0.3, -0.25) is 4.79 Å². The summed E-state index contributed by atoms with van der Waals surface area (Å²) in [6.45, 7) is 6.70. The summed E-state index contributed by atoms with van der Waals surface area (Å²) in [7, 11) is 4.07. The minimum Gasteiger partial charge on any atom is -0.339 e. The minimum absolute atomic E-state index is 0.302. The van der Waals surface area contributed by atoms with Gasteiger partial charge in [-0.25, -0.2) is 0 Å². The van der Waals surface area contributed by atoms with Gasteiger partial charge in [0.2, 0.25) is 5.91 Å². The van der Waals surface area contributed by atoms with Gasteiger partial charge in [-0.05, 0) is 33.5 Å². The molecule has 0 bridgehead atoms. The molecule has 0 aromatic rings. The summed E-state index contributed by atoms with van der Waals surface area (Å²) in [4.78, 5) is 15.7. The van der Waals surface area contributed by atoms with Gasteiger partial charge in [0.05, 0.1) is 0 Å². The number of carbonyl (C=O) groups is 1. The highest BCUT2D eigenvalue weighted by Gasteiger charge is 2.12. The molecule has 1 rings (SSSR count). The van der Waals surface area contributed by atoms with E-state index in [0.29, 0.717) is 12.3 Å². The van der Waals surface area contributed by atoms with Crippen molar-refractivity contribution >= 4 is 5.91 Å². The van der Waals surface area contributed by atoms with E-state index < -0.39 is 0 Å². The zero-order valence-electron chi connectivity index (χ0n) is 11.2. The average Bonchev–Trinajstić information content (AvgIpc) is 2.32. The zero-order valence-corrected chi connectivity index (χ0v) is 11.2. The summed E-state index contributed by atoms with van der Waals surface area (Å²) in [6, 6.07) is 0. The van der Waals surface area contributed by atoms with Crippen LogP contribution in [0.1, 0.15) is 33.1 Å². The molecule has 1 aliphatic heterocycles. The van der Waals surface area contributed by atoms with Gasteiger partial charge in [0.1, 0.15) is 0 Å². The zero-order chi connectivity index (χ0) is 12.4. The Morgan fingerprint density at radius 1 is 1.31 bits per heavy atom. The summed E-state index contributed by atoms with van der Waals surface area (Å²) in [6.07, 6.45) is 6.88. The van der Waals surface area contributed by atoms with Gasteiger partial charge >= 0.3 is 0 Å². The van der Waals surface area contributed by atoms with E-state index in [1.165, 1.54) is 0 Å². The van der Waals surface area contributed by atoms with Crippen molar-refractivity contribution in [3.05, 3.63) is 12.2 Å². The number of hydrogen-bond acceptors (Lipinski definition) is 2. The Bertz CT molecular complexity index is 212. The average molecular weight is 226 g/mol. The van der Waals surface area contributed by atoms with E-state index in [2.05, 4.69) is 17.1 Å². The molecular weight excluding hydrogens is 200 g/mol. The summed E-state index contributed by atoms with van der Waals surface area (Å²) < 4.78 is 0. The smallest absolute Gasteiger partial charge is 0.222 e. The summed E-state index contributed by atoms with van der Waals surface area (Å²) >= 11 is 0. The van der Waals surface area contributed by atoms with Crippen LogP contribution in [0.2, 0.25) is 0 Å². The SMILES string of the molecule is CC.CN(C)CCCC(=O)N1CC=CCC1. The first-order valence-electron chi connectivity index (χ1n) is 6.27. The van der Waals surface area contributed by atoms with Gasteiger partial charge in [-0.2, -0.15) is 0 Å². The number of carbonyl (C=O) groups excluding carboxylic acids is 1. The molecule has 0 unspecified atom stereocenters. The van der Waals surface area contributed by atoms with Crippen LogP contribution >= 0.6 is 0 Å². The minimum atomic E-state index is 0.302. The van der Waals surface area contributed by atoms with E-state index >= 15 is 0 Å². The van der Waals surface area contributed by atoms with Crippen LogP contribution in [0.15, 0.2) is 12.2 Å². The second-order valence-electron chi connectivity index (χ2n) is 4.01. The maximum atomic E-state index is 11.7. The highest BCUT2D eigenvalue weighted by atomic mass is 16.2. The number of amides is 1. The quantitative estimate of drug-likeness (QED) is 0.686. The fourth-order valence-electron chi connectivity index (χ4n) is 1.57. The standard InChI is InChI=1S/C11H20N2O.C2H6/c1-12(2)8-6-7-11(14)13-9-4-3-5-10-13;1-2/h3-4H,5-10H2,1-2H3;1-2H3. The van der Waals surface area contributed by atoms with Crippen LogP contribution in [0, 0.1) is 0 Å². The molecule has 1 aliphatic rings. The lowest BCUT2D eigenvalue weighted by Crippen LogP contribution is -2.34. The van der Waals surface area contributed by atoms with Crippen molar-refractivity contribution in [2.75, 3.05) is 33.7 Å². The fraction of sp³-hybridized carbons (Fsp3) is 0.769. The van der Waals surface area contributed by atoms with E-state index in [-0.39, 0.29) is 0 Å². The van der Waals surface area contributed by atoms with Crippen LogP contribution < -0.4 is 0 Å². The van der Waals surface area contributed by atoms with Crippen LogP contribution in [-0.4, -0.2) is 49.4 Å². The molecule has 0 N–H and O–H groups in total. The summed E-state index contributed by atoms with van der Waals surface area (Å²) in [5.74, 6) is 0.302. The Balaban J connectivity index is 0.00000106. The lowest BCUT2D eigenvalue weighted by atomic mass is 10.2. The molecule has 94 valence electrons. The van der Waals surface area contributed by atoms with Crippen molar-refractivity contribution in [1.82, 2.24) is 9.80 Å². The Morgan fingerprint density at radius 2 is 2.00 bits per heavy atom. The molecule has 0 radical (unpaired) electrons. The molecule has 3 nitrogen and oxygen atoms in total. The Labute approximate surface area is 100 Å². The molecule has 16 heavy (non-hydrogen) atoms. The molecule has 0 aromatic carbocycles. The van der Waals surface area contributed by atoms with E-state index in [0.717, 1.165) is 32.5 Å². The highest BCUT2D eigenvalue weighted by molar-refractivity contribution is 5.76. The molecule has 3 heteroatoms. The van der Waals surface area contributed by atoms with Crippen molar-refractivity contribution in [2.45, 2.75) is 33.1 Å². The number of nitrogens with zero attached hydrogens (tertiary/aromatic N) is 2. The Morgan fingerprint density at radius 3 is 2.50 bits per heavy atom. The van der Waals surface area contributed by atoms with E-state index in [1.54, 1.807) is 0 Å². The van der Waals surface area contributed by atoms with Gasteiger partial charge in [-0.15, -0.1) is 0 Å². The van der Waals surface area contributed by atoms with Crippen LogP contribution in [0.4, 0.5) is 0 Å². The maximum absolute atomic E-state index is 11.7. The lowest BCUT2D eigenvalue weighted by Gasteiger charge is -2.23. The number of hydrogen-bond donors (Lipinski definition) is 0. The molecule has 1 heterocycles. The van der Waals surface area contributed by atoms with Crippen molar-refractivity contribution < 1.29 is 4.79 Å². The fourth-order valence-corrected chi connectivity index (χ4v) is 1.57. The largest absolute Gasteiger partial charge is 0.339 e. The van der Waals surface area contributed by atoms with Crippen LogP contribution in [0.5, 0.6) is 0 Å². The third kappa shape index (κ3) is 6.62. The third-order valence-corrected chi connectivity index (χ3v) is 2.41.